The quantitative estimate of drug-likeness (QED) is 0.190. The number of carbonyl (C=O) groups is 4. The van der Waals surface area contributed by atoms with E-state index in [1.807, 2.05) is 0 Å². The Morgan fingerprint density at radius 1 is 1.14 bits per heavy atom. The third kappa shape index (κ3) is 7.24. The number of benzene rings is 1. The summed E-state index contributed by atoms with van der Waals surface area (Å²) < 4.78 is 10.2. The average Bonchev–Trinajstić information content (AvgIpc) is 2.84. The van der Waals surface area contributed by atoms with Crippen molar-refractivity contribution in [1.82, 2.24) is 10.6 Å². The number of amides is 1. The maximum atomic E-state index is 13.1. The second-order valence-electron chi connectivity index (χ2n) is 8.18. The molecule has 0 aliphatic carbocycles. The summed E-state index contributed by atoms with van der Waals surface area (Å²) in [5, 5.41) is 17.1. The molecule has 11 heteroatoms. The molecular weight excluding hydrogens is 470 g/mol. The average molecular weight is 502 g/mol. The van der Waals surface area contributed by atoms with Crippen molar-refractivity contribution in [3.05, 3.63) is 62.5 Å². The Hall–Kier alpha value is -4.02. The number of methoxy groups -OCH3 is 1. The Balaban J connectivity index is 2.48. The molecule has 1 amide bonds. The van der Waals surface area contributed by atoms with Gasteiger partial charge in [-0.05, 0) is 32.3 Å². The van der Waals surface area contributed by atoms with Gasteiger partial charge in [0.25, 0.3) is 5.69 Å². The molecule has 2 rings (SSSR count). The number of dihydropyridines is 1. The van der Waals surface area contributed by atoms with E-state index in [4.69, 9.17) is 9.47 Å². The molecule has 36 heavy (non-hydrogen) atoms. The molecule has 1 aliphatic heterocycles. The van der Waals surface area contributed by atoms with Crippen LogP contribution in [0.15, 0.2) is 46.8 Å². The van der Waals surface area contributed by atoms with Crippen LogP contribution < -0.4 is 10.6 Å². The molecule has 194 valence electrons. The van der Waals surface area contributed by atoms with Crippen molar-refractivity contribution in [1.29, 1.82) is 0 Å². The van der Waals surface area contributed by atoms with Crippen LogP contribution in [0, 0.1) is 10.1 Å². The van der Waals surface area contributed by atoms with Crippen molar-refractivity contribution in [2.45, 2.75) is 52.4 Å². The van der Waals surface area contributed by atoms with Gasteiger partial charge < -0.3 is 20.1 Å². The van der Waals surface area contributed by atoms with Gasteiger partial charge >= 0.3 is 11.9 Å². The molecule has 1 aromatic carbocycles. The Kier molecular flexibility index (Phi) is 10.3. The number of non-ortho nitro benzene ring substituents is 1. The fraction of sp³-hybridized carbons (Fsp3) is 0.440. The number of esters is 2. The lowest BCUT2D eigenvalue weighted by atomic mass is 9.79. The number of carbonyl (C=O) groups excluding carboxylic acids is 4. The number of nitro groups is 1. The number of hydrogen-bond acceptors (Lipinski definition) is 9. The zero-order valence-corrected chi connectivity index (χ0v) is 20.8. The molecule has 0 saturated heterocycles. The minimum atomic E-state index is -0.998. The summed E-state index contributed by atoms with van der Waals surface area (Å²) in [6.45, 7) is 5.12. The lowest BCUT2D eigenvalue weighted by Crippen LogP contribution is -2.33. The van der Waals surface area contributed by atoms with Crippen molar-refractivity contribution < 1.29 is 33.6 Å². The molecule has 0 fully saturated rings. The topological polar surface area (TPSA) is 154 Å². The van der Waals surface area contributed by atoms with Crippen LogP contribution in [0.25, 0.3) is 0 Å². The van der Waals surface area contributed by atoms with Crippen LogP contribution >= 0.6 is 0 Å². The van der Waals surface area contributed by atoms with Gasteiger partial charge in [-0.1, -0.05) is 12.1 Å². The summed E-state index contributed by atoms with van der Waals surface area (Å²) in [6.07, 6.45) is 0.994. The van der Waals surface area contributed by atoms with E-state index in [0.29, 0.717) is 29.9 Å². The van der Waals surface area contributed by atoms with Gasteiger partial charge in [-0.25, -0.2) is 9.59 Å². The van der Waals surface area contributed by atoms with Crippen molar-refractivity contribution in [3.8, 4) is 0 Å². The number of ketones is 1. The normalized spacial score (nSPS) is 15.2. The Morgan fingerprint density at radius 3 is 2.47 bits per heavy atom. The first-order chi connectivity index (χ1) is 17.1. The molecule has 1 heterocycles. The minimum Gasteiger partial charge on any atom is -0.466 e. The number of nitrogens with one attached hydrogen (secondary N) is 2. The summed E-state index contributed by atoms with van der Waals surface area (Å²) in [4.78, 5) is 60.2. The summed E-state index contributed by atoms with van der Waals surface area (Å²) >= 11 is 0. The van der Waals surface area contributed by atoms with Crippen molar-refractivity contribution in [3.63, 3.8) is 0 Å². The molecule has 1 aromatic rings. The Labute approximate surface area is 209 Å². The lowest BCUT2D eigenvalue weighted by Gasteiger charge is -2.31. The first-order valence-corrected chi connectivity index (χ1v) is 11.6. The van der Waals surface area contributed by atoms with Crippen LogP contribution in [0.4, 0.5) is 5.69 Å². The smallest absolute Gasteiger partial charge is 0.336 e. The van der Waals surface area contributed by atoms with E-state index in [2.05, 4.69) is 10.6 Å². The Bertz CT molecular complexity index is 1110. The molecule has 1 unspecified atom stereocenters. The van der Waals surface area contributed by atoms with Crippen LogP contribution in [0.1, 0.15) is 57.9 Å². The number of hydrogen-bond donors (Lipinski definition) is 2. The van der Waals surface area contributed by atoms with Crippen molar-refractivity contribution >= 4 is 29.3 Å². The van der Waals surface area contributed by atoms with Crippen molar-refractivity contribution in [2.24, 2.45) is 0 Å². The van der Waals surface area contributed by atoms with E-state index in [0.717, 1.165) is 0 Å². The number of allylic oxidation sites excluding steroid dienone is 2. The molecule has 1 aliphatic rings. The summed E-state index contributed by atoms with van der Waals surface area (Å²) in [6, 6.07) is 5.67. The van der Waals surface area contributed by atoms with Crippen LogP contribution in [-0.2, 0) is 28.7 Å². The van der Waals surface area contributed by atoms with Gasteiger partial charge in [0.1, 0.15) is 5.78 Å². The fourth-order valence-electron chi connectivity index (χ4n) is 4.01. The minimum absolute atomic E-state index is 0.0647. The lowest BCUT2D eigenvalue weighted by molar-refractivity contribution is -0.384. The number of rotatable bonds is 12. The molecule has 0 saturated carbocycles. The maximum absolute atomic E-state index is 13.1. The summed E-state index contributed by atoms with van der Waals surface area (Å²) in [5.41, 5.74) is 1.14. The van der Waals surface area contributed by atoms with Crippen molar-refractivity contribution in [2.75, 3.05) is 20.3 Å². The highest BCUT2D eigenvalue weighted by Crippen LogP contribution is 2.41. The largest absolute Gasteiger partial charge is 0.466 e. The van der Waals surface area contributed by atoms with Gasteiger partial charge in [-0.15, -0.1) is 0 Å². The van der Waals surface area contributed by atoms with E-state index in [9.17, 15) is 29.3 Å². The first-order valence-electron chi connectivity index (χ1n) is 11.6. The number of nitro benzene ring substituents is 1. The summed E-state index contributed by atoms with van der Waals surface area (Å²) in [5.74, 6) is -2.64. The monoisotopic (exact) mass is 501 g/mol. The molecule has 2 N–H and O–H groups in total. The molecule has 0 radical (unpaired) electrons. The fourth-order valence-corrected chi connectivity index (χ4v) is 4.01. The highest BCUT2D eigenvalue weighted by atomic mass is 16.6. The molecule has 0 bridgehead atoms. The van der Waals surface area contributed by atoms with Gasteiger partial charge in [0, 0.05) is 49.8 Å². The van der Waals surface area contributed by atoms with Gasteiger partial charge in [0.15, 0.2) is 0 Å². The molecule has 11 nitrogen and oxygen atoms in total. The zero-order chi connectivity index (χ0) is 26.8. The van der Waals surface area contributed by atoms with Crippen LogP contribution in [0.5, 0.6) is 0 Å². The molecular formula is C25H31N3O8. The predicted molar refractivity (Wildman–Crippen MR) is 130 cm³/mol. The third-order valence-corrected chi connectivity index (χ3v) is 5.62. The van der Waals surface area contributed by atoms with E-state index in [1.54, 1.807) is 19.9 Å². The van der Waals surface area contributed by atoms with Crippen LogP contribution in [0.3, 0.4) is 0 Å². The first kappa shape index (κ1) is 28.2. The van der Waals surface area contributed by atoms with Gasteiger partial charge in [-0.3, -0.25) is 19.7 Å². The third-order valence-electron chi connectivity index (χ3n) is 5.62. The SMILES string of the molecule is CCOC(=O)C1=C(CCC(=O)CCCNC(C)=O)NC(C)=C(C(=O)OC)C1c1cccc([N+](=O)[O-])c1. The van der Waals surface area contributed by atoms with E-state index in [-0.39, 0.29) is 54.4 Å². The number of Topliss-reactive ketones (excluding diaryl/α,β-unsaturated/α-hetero) is 1. The maximum Gasteiger partial charge on any atom is 0.336 e. The number of nitrogens with zero attached hydrogens (tertiary/aromatic N) is 1. The van der Waals surface area contributed by atoms with Gasteiger partial charge in [0.05, 0.1) is 35.7 Å². The van der Waals surface area contributed by atoms with Gasteiger partial charge in [-0.2, -0.15) is 0 Å². The molecule has 1 atom stereocenters. The van der Waals surface area contributed by atoms with E-state index < -0.39 is 22.8 Å². The second kappa shape index (κ2) is 13.2. The van der Waals surface area contributed by atoms with Gasteiger partial charge in [0.2, 0.25) is 5.91 Å². The predicted octanol–water partition coefficient (Wildman–Crippen LogP) is 2.81. The molecule has 0 aromatic heterocycles. The Morgan fingerprint density at radius 2 is 1.86 bits per heavy atom. The number of ether oxygens (including phenoxy) is 2. The van der Waals surface area contributed by atoms with Crippen LogP contribution in [-0.4, -0.2) is 48.8 Å². The standard InChI is InChI=1S/C25H31N3O8/c1-5-36-25(32)23-20(12-11-19(30)10-7-13-26-16(3)29)27-15(2)21(24(31)35-4)22(23)17-8-6-9-18(14-17)28(33)34/h6,8-9,14,22,27H,5,7,10-13H2,1-4H3,(H,26,29). The second-order valence-corrected chi connectivity index (χ2v) is 8.18. The molecule has 0 spiro atoms. The van der Waals surface area contributed by atoms with E-state index in [1.165, 1.54) is 32.2 Å². The summed E-state index contributed by atoms with van der Waals surface area (Å²) in [7, 11) is 1.20. The van der Waals surface area contributed by atoms with Crippen LogP contribution in [0.2, 0.25) is 0 Å². The highest BCUT2D eigenvalue weighted by Gasteiger charge is 2.39. The zero-order valence-electron chi connectivity index (χ0n) is 20.8. The highest BCUT2D eigenvalue weighted by molar-refractivity contribution is 6.00. The van der Waals surface area contributed by atoms with E-state index >= 15 is 0 Å².